The molecule has 140 valence electrons. The second-order valence-corrected chi connectivity index (χ2v) is 6.61. The van der Waals surface area contributed by atoms with Gasteiger partial charge >= 0.3 is 0 Å². The predicted molar refractivity (Wildman–Crippen MR) is 109 cm³/mol. The van der Waals surface area contributed by atoms with Crippen LogP contribution in [0.5, 0.6) is 0 Å². The van der Waals surface area contributed by atoms with Gasteiger partial charge in [-0.1, -0.05) is 42.5 Å². The van der Waals surface area contributed by atoms with E-state index in [1.807, 2.05) is 29.7 Å². The Balaban J connectivity index is 1.53. The number of aldehydes is 1. The zero-order chi connectivity index (χ0) is 19.1. The van der Waals surface area contributed by atoms with E-state index in [1.54, 1.807) is 6.08 Å². The molecule has 0 aliphatic heterocycles. The average molecular weight is 363 g/mol. The molecule has 27 heavy (non-hydrogen) atoms. The van der Waals surface area contributed by atoms with Gasteiger partial charge in [0.15, 0.2) is 0 Å². The number of hydroxylamine groups is 1. The summed E-state index contributed by atoms with van der Waals surface area (Å²) in [7, 11) is 0. The van der Waals surface area contributed by atoms with Crippen LogP contribution in [0.15, 0.2) is 54.1 Å². The van der Waals surface area contributed by atoms with Gasteiger partial charge in [-0.2, -0.15) is 0 Å². The minimum Gasteiger partial charge on any atom is -0.358 e. The summed E-state index contributed by atoms with van der Waals surface area (Å²) in [5.74, 6) is 0. The average Bonchev–Trinajstić information content (AvgIpc) is 3.01. The third kappa shape index (κ3) is 4.92. The Kier molecular flexibility index (Phi) is 6.54. The number of hydrogen-bond donors (Lipinski definition) is 4. The van der Waals surface area contributed by atoms with Crippen molar-refractivity contribution in [3.05, 3.63) is 76.5 Å². The molecule has 5 heteroatoms. The third-order valence-corrected chi connectivity index (χ3v) is 4.67. The molecule has 0 unspecified atom stereocenters. The molecule has 0 aliphatic carbocycles. The van der Waals surface area contributed by atoms with Crippen molar-refractivity contribution in [3.8, 4) is 0 Å². The first-order valence-corrected chi connectivity index (χ1v) is 9.10. The van der Waals surface area contributed by atoms with E-state index in [1.165, 1.54) is 27.7 Å². The number of nitrogens with one attached hydrogen (secondary N) is 3. The number of para-hydroxylation sites is 1. The predicted octanol–water partition coefficient (Wildman–Crippen LogP) is 3.37. The van der Waals surface area contributed by atoms with E-state index in [0.717, 1.165) is 31.4 Å². The van der Waals surface area contributed by atoms with Crippen LogP contribution in [0, 0.1) is 6.92 Å². The quantitative estimate of drug-likeness (QED) is 0.203. The van der Waals surface area contributed by atoms with Crippen molar-refractivity contribution in [2.75, 3.05) is 13.1 Å². The Bertz CT molecular complexity index is 926. The molecular weight excluding hydrogens is 338 g/mol. The lowest BCUT2D eigenvalue weighted by Gasteiger charge is -2.06. The molecule has 0 saturated carbocycles. The van der Waals surface area contributed by atoms with Gasteiger partial charge in [0.05, 0.1) is 0 Å². The van der Waals surface area contributed by atoms with Crippen LogP contribution in [0.25, 0.3) is 17.0 Å². The number of hydrogen-bond acceptors (Lipinski definition) is 4. The smallest absolute Gasteiger partial charge is 0.147 e. The molecule has 3 rings (SSSR count). The molecule has 0 aliphatic rings. The maximum Gasteiger partial charge on any atom is 0.147 e. The zero-order valence-electron chi connectivity index (χ0n) is 15.5. The first-order valence-electron chi connectivity index (χ1n) is 9.10. The van der Waals surface area contributed by atoms with Crippen LogP contribution in [0.2, 0.25) is 0 Å². The summed E-state index contributed by atoms with van der Waals surface area (Å²) in [5, 5.41) is 13.5. The van der Waals surface area contributed by atoms with E-state index < -0.39 is 0 Å². The fourth-order valence-electron chi connectivity index (χ4n) is 3.27. The largest absolute Gasteiger partial charge is 0.358 e. The summed E-state index contributed by atoms with van der Waals surface area (Å²) in [6, 6.07) is 16.5. The fourth-order valence-corrected chi connectivity index (χ4v) is 3.27. The first-order chi connectivity index (χ1) is 13.2. The standard InChI is InChI=1S/C22H25N3O2/c1-16-20(21-4-2-3-5-22(21)25-16)10-11-23-13-18-8-6-17(7-9-18)12-19(15-26)14-24-27/h2-9,12,15,23-25,27H,10-11,13-14H2,1H3/b19-12-. The lowest BCUT2D eigenvalue weighted by molar-refractivity contribution is -0.105. The van der Waals surface area contributed by atoms with E-state index in [9.17, 15) is 4.79 Å². The van der Waals surface area contributed by atoms with Crippen molar-refractivity contribution in [1.29, 1.82) is 0 Å². The van der Waals surface area contributed by atoms with E-state index >= 15 is 0 Å². The van der Waals surface area contributed by atoms with Crippen molar-refractivity contribution >= 4 is 23.3 Å². The Labute approximate surface area is 159 Å². The first kappa shape index (κ1) is 19.0. The van der Waals surface area contributed by atoms with Crippen molar-refractivity contribution in [2.24, 2.45) is 0 Å². The molecule has 2 aromatic carbocycles. The Morgan fingerprint density at radius 1 is 1.15 bits per heavy atom. The minimum atomic E-state index is 0.139. The number of rotatable bonds is 9. The van der Waals surface area contributed by atoms with Crippen LogP contribution in [-0.2, 0) is 17.8 Å². The van der Waals surface area contributed by atoms with Gasteiger partial charge in [-0.05, 0) is 48.7 Å². The van der Waals surface area contributed by atoms with Gasteiger partial charge in [-0.25, -0.2) is 5.48 Å². The van der Waals surface area contributed by atoms with Crippen LogP contribution in [0.1, 0.15) is 22.4 Å². The van der Waals surface area contributed by atoms with Gasteiger partial charge in [0.2, 0.25) is 0 Å². The monoisotopic (exact) mass is 363 g/mol. The van der Waals surface area contributed by atoms with Gasteiger partial charge in [-0.3, -0.25) is 4.79 Å². The zero-order valence-corrected chi connectivity index (χ0v) is 15.5. The van der Waals surface area contributed by atoms with Crippen molar-refractivity contribution < 1.29 is 10.0 Å². The van der Waals surface area contributed by atoms with E-state index in [0.29, 0.717) is 5.57 Å². The number of benzene rings is 2. The highest BCUT2D eigenvalue weighted by Crippen LogP contribution is 2.21. The number of fused-ring (bicyclic) bond motifs is 1. The fraction of sp³-hybridized carbons (Fsp3) is 0.227. The number of carbonyl (C=O) groups excluding carboxylic acids is 1. The Morgan fingerprint density at radius 2 is 1.93 bits per heavy atom. The number of carbonyl (C=O) groups is 1. The van der Waals surface area contributed by atoms with E-state index in [-0.39, 0.29) is 6.54 Å². The van der Waals surface area contributed by atoms with Gasteiger partial charge < -0.3 is 15.5 Å². The van der Waals surface area contributed by atoms with Gasteiger partial charge in [-0.15, -0.1) is 0 Å². The number of aromatic nitrogens is 1. The summed E-state index contributed by atoms with van der Waals surface area (Å²) < 4.78 is 0. The van der Waals surface area contributed by atoms with E-state index in [2.05, 4.69) is 41.5 Å². The number of H-pyrrole nitrogens is 1. The van der Waals surface area contributed by atoms with Crippen LogP contribution in [-0.4, -0.2) is 29.6 Å². The van der Waals surface area contributed by atoms with Gasteiger partial charge in [0.1, 0.15) is 6.29 Å². The second kappa shape index (κ2) is 9.28. The minimum absolute atomic E-state index is 0.139. The maximum absolute atomic E-state index is 10.9. The lowest BCUT2D eigenvalue weighted by Crippen LogP contribution is -2.16. The second-order valence-electron chi connectivity index (χ2n) is 6.61. The summed E-state index contributed by atoms with van der Waals surface area (Å²) in [6.45, 7) is 3.97. The molecule has 1 heterocycles. The molecule has 0 atom stereocenters. The molecule has 0 radical (unpaired) electrons. The highest BCUT2D eigenvalue weighted by atomic mass is 16.5. The highest BCUT2D eigenvalue weighted by molar-refractivity contribution is 5.84. The molecule has 3 aromatic rings. The number of aromatic amines is 1. The Hall–Kier alpha value is -2.73. The molecule has 0 spiro atoms. The molecule has 4 N–H and O–H groups in total. The molecule has 0 saturated heterocycles. The van der Waals surface area contributed by atoms with Gasteiger partial charge in [0.25, 0.3) is 0 Å². The topological polar surface area (TPSA) is 77.2 Å². The Morgan fingerprint density at radius 3 is 2.67 bits per heavy atom. The lowest BCUT2D eigenvalue weighted by atomic mass is 10.1. The maximum atomic E-state index is 10.9. The van der Waals surface area contributed by atoms with Crippen molar-refractivity contribution in [3.63, 3.8) is 0 Å². The summed E-state index contributed by atoms with van der Waals surface area (Å²) in [6.07, 6.45) is 3.48. The SMILES string of the molecule is Cc1[nH]c2ccccc2c1CCNCc1ccc(/C=C(\C=O)CNO)cc1. The van der Waals surface area contributed by atoms with E-state index in [4.69, 9.17) is 5.21 Å². The number of aryl methyl sites for hydroxylation is 1. The van der Waals surface area contributed by atoms with Crippen LogP contribution in [0.3, 0.4) is 0 Å². The molecule has 0 fully saturated rings. The summed E-state index contributed by atoms with van der Waals surface area (Å²) in [5.41, 5.74) is 8.42. The van der Waals surface area contributed by atoms with Crippen molar-refractivity contribution in [1.82, 2.24) is 15.8 Å². The normalized spacial score (nSPS) is 11.9. The molecule has 5 nitrogen and oxygen atoms in total. The van der Waals surface area contributed by atoms with Crippen LogP contribution in [0.4, 0.5) is 0 Å². The summed E-state index contributed by atoms with van der Waals surface area (Å²) in [4.78, 5) is 14.4. The molecule has 0 bridgehead atoms. The molecule has 1 aromatic heterocycles. The van der Waals surface area contributed by atoms with Gasteiger partial charge in [0, 0.05) is 35.3 Å². The molecular formula is C22H25N3O2. The third-order valence-electron chi connectivity index (χ3n) is 4.67. The summed E-state index contributed by atoms with van der Waals surface area (Å²) >= 11 is 0. The van der Waals surface area contributed by atoms with Crippen LogP contribution < -0.4 is 10.8 Å². The van der Waals surface area contributed by atoms with Crippen molar-refractivity contribution in [2.45, 2.75) is 19.9 Å². The van der Waals surface area contributed by atoms with Crippen LogP contribution >= 0.6 is 0 Å². The highest BCUT2D eigenvalue weighted by Gasteiger charge is 2.07. The molecule has 0 amide bonds.